The molecule has 3 nitrogen and oxygen atoms in total. The Balaban J connectivity index is 1.69. The average molecular weight is 236 g/mol. The third kappa shape index (κ3) is 2.10. The molecule has 1 saturated carbocycles. The number of nitrogens with zero attached hydrogens (tertiary/aromatic N) is 1. The van der Waals surface area contributed by atoms with Gasteiger partial charge in [-0.25, -0.2) is 0 Å². The van der Waals surface area contributed by atoms with Crippen LogP contribution in [-0.4, -0.2) is 36.0 Å². The first-order chi connectivity index (χ1) is 8.17. The molecule has 3 aliphatic rings. The minimum atomic E-state index is -0.0361. The second-order valence-electron chi connectivity index (χ2n) is 6.47. The topological polar surface area (TPSA) is 32.3 Å². The van der Waals surface area contributed by atoms with Crippen LogP contribution in [0.3, 0.4) is 0 Å². The Morgan fingerprint density at radius 3 is 2.29 bits per heavy atom. The van der Waals surface area contributed by atoms with Gasteiger partial charge in [-0.2, -0.15) is 0 Å². The Labute approximate surface area is 104 Å². The van der Waals surface area contributed by atoms with Crippen molar-refractivity contribution in [3.05, 3.63) is 0 Å². The van der Waals surface area contributed by atoms with Gasteiger partial charge in [0, 0.05) is 30.6 Å². The largest absolute Gasteiger partial charge is 0.339 e. The van der Waals surface area contributed by atoms with Crippen LogP contribution in [-0.2, 0) is 4.79 Å². The molecule has 2 aliphatic heterocycles. The first kappa shape index (κ1) is 11.5. The summed E-state index contributed by atoms with van der Waals surface area (Å²) in [6, 6.07) is 1.13. The van der Waals surface area contributed by atoms with Gasteiger partial charge in [0.15, 0.2) is 0 Å². The first-order valence-electron chi connectivity index (χ1n) is 7.23. The summed E-state index contributed by atoms with van der Waals surface area (Å²) in [6.45, 7) is 4.08. The second-order valence-corrected chi connectivity index (χ2v) is 6.47. The maximum Gasteiger partial charge on any atom is 0.228 e. The Kier molecular flexibility index (Phi) is 2.89. The van der Waals surface area contributed by atoms with Gasteiger partial charge in [0.05, 0.1) is 0 Å². The predicted octanol–water partition coefficient (Wildman–Crippen LogP) is 1.92. The fourth-order valence-corrected chi connectivity index (χ4v) is 3.92. The standard InChI is InChI=1S/C14H24N2O/c1-14(7-2-3-8-14)13(17)16-9-11-5-4-6-12(10-16)15-11/h11-12,15H,2-10H2,1H3. The van der Waals surface area contributed by atoms with Crippen LogP contribution in [0.5, 0.6) is 0 Å². The summed E-state index contributed by atoms with van der Waals surface area (Å²) < 4.78 is 0. The molecule has 1 amide bonds. The summed E-state index contributed by atoms with van der Waals surface area (Å²) in [5.74, 6) is 0.438. The molecule has 2 heterocycles. The van der Waals surface area contributed by atoms with Crippen LogP contribution in [0.15, 0.2) is 0 Å². The second kappa shape index (κ2) is 4.27. The molecular weight excluding hydrogens is 212 g/mol. The molecule has 3 heteroatoms. The summed E-state index contributed by atoms with van der Waals surface area (Å²) in [7, 11) is 0. The monoisotopic (exact) mass is 236 g/mol. The molecule has 1 aliphatic carbocycles. The number of nitrogens with one attached hydrogen (secondary N) is 1. The molecule has 3 fully saturated rings. The van der Waals surface area contributed by atoms with E-state index < -0.39 is 0 Å². The highest BCUT2D eigenvalue weighted by Crippen LogP contribution is 2.39. The number of hydrogen-bond acceptors (Lipinski definition) is 2. The molecule has 17 heavy (non-hydrogen) atoms. The fraction of sp³-hybridized carbons (Fsp3) is 0.929. The lowest BCUT2D eigenvalue weighted by atomic mass is 9.85. The highest BCUT2D eigenvalue weighted by atomic mass is 16.2. The maximum atomic E-state index is 12.7. The fourth-order valence-electron chi connectivity index (χ4n) is 3.92. The van der Waals surface area contributed by atoms with Crippen molar-refractivity contribution >= 4 is 5.91 Å². The van der Waals surface area contributed by atoms with Crippen LogP contribution < -0.4 is 5.32 Å². The van der Waals surface area contributed by atoms with Crippen molar-refractivity contribution in [2.24, 2.45) is 5.41 Å². The van der Waals surface area contributed by atoms with E-state index in [1.54, 1.807) is 0 Å². The molecule has 2 bridgehead atoms. The molecule has 2 atom stereocenters. The minimum absolute atomic E-state index is 0.0361. The van der Waals surface area contributed by atoms with E-state index in [9.17, 15) is 4.79 Å². The molecule has 2 saturated heterocycles. The van der Waals surface area contributed by atoms with Crippen LogP contribution in [0.4, 0.5) is 0 Å². The number of carbonyl (C=O) groups excluding carboxylic acids is 1. The van der Waals surface area contributed by atoms with E-state index in [-0.39, 0.29) is 5.41 Å². The Hall–Kier alpha value is -0.570. The zero-order chi connectivity index (χ0) is 11.9. The Morgan fingerprint density at radius 1 is 1.12 bits per heavy atom. The molecule has 3 rings (SSSR count). The summed E-state index contributed by atoms with van der Waals surface area (Å²) in [5.41, 5.74) is -0.0361. The van der Waals surface area contributed by atoms with Crippen LogP contribution in [0.2, 0.25) is 0 Å². The summed E-state index contributed by atoms with van der Waals surface area (Å²) in [4.78, 5) is 14.8. The number of piperazine rings is 1. The third-order valence-corrected chi connectivity index (χ3v) is 4.97. The third-order valence-electron chi connectivity index (χ3n) is 4.97. The number of piperidine rings is 1. The van der Waals surface area contributed by atoms with Gasteiger partial charge in [0.2, 0.25) is 5.91 Å². The van der Waals surface area contributed by atoms with Crippen LogP contribution in [0.1, 0.15) is 51.9 Å². The van der Waals surface area contributed by atoms with Gasteiger partial charge in [-0.1, -0.05) is 26.2 Å². The molecule has 96 valence electrons. The number of hydrogen-bond donors (Lipinski definition) is 1. The maximum absolute atomic E-state index is 12.7. The van der Waals surface area contributed by atoms with E-state index in [2.05, 4.69) is 17.1 Å². The van der Waals surface area contributed by atoms with E-state index in [1.807, 2.05) is 0 Å². The lowest BCUT2D eigenvalue weighted by Gasteiger charge is -2.44. The van der Waals surface area contributed by atoms with Crippen molar-refractivity contribution in [1.29, 1.82) is 0 Å². The Bertz CT molecular complexity index is 297. The van der Waals surface area contributed by atoms with Gasteiger partial charge in [-0.15, -0.1) is 0 Å². The van der Waals surface area contributed by atoms with Gasteiger partial charge >= 0.3 is 0 Å². The number of carbonyl (C=O) groups is 1. The van der Waals surface area contributed by atoms with Gasteiger partial charge in [-0.3, -0.25) is 4.79 Å². The van der Waals surface area contributed by atoms with Crippen molar-refractivity contribution in [1.82, 2.24) is 10.2 Å². The van der Waals surface area contributed by atoms with Gasteiger partial charge in [0.1, 0.15) is 0 Å². The number of likely N-dealkylation sites (tertiary alicyclic amines) is 1. The number of amides is 1. The van der Waals surface area contributed by atoms with Crippen LogP contribution in [0, 0.1) is 5.41 Å². The van der Waals surface area contributed by atoms with E-state index in [0.717, 1.165) is 25.9 Å². The SMILES string of the molecule is CC1(C(=O)N2CC3CCCC(C2)N3)CCCC1. The quantitative estimate of drug-likeness (QED) is 0.754. The van der Waals surface area contributed by atoms with E-state index in [0.29, 0.717) is 18.0 Å². The summed E-state index contributed by atoms with van der Waals surface area (Å²) in [5, 5.41) is 3.65. The zero-order valence-corrected chi connectivity index (χ0v) is 10.9. The molecule has 2 unspecified atom stereocenters. The van der Waals surface area contributed by atoms with Crippen molar-refractivity contribution in [3.8, 4) is 0 Å². The highest BCUT2D eigenvalue weighted by molar-refractivity contribution is 5.82. The van der Waals surface area contributed by atoms with Crippen molar-refractivity contribution in [3.63, 3.8) is 0 Å². The first-order valence-corrected chi connectivity index (χ1v) is 7.23. The highest BCUT2D eigenvalue weighted by Gasteiger charge is 2.42. The van der Waals surface area contributed by atoms with Gasteiger partial charge in [0.25, 0.3) is 0 Å². The lowest BCUT2D eigenvalue weighted by molar-refractivity contribution is -0.143. The van der Waals surface area contributed by atoms with Crippen molar-refractivity contribution < 1.29 is 4.79 Å². The number of fused-ring (bicyclic) bond motifs is 2. The summed E-state index contributed by atoms with van der Waals surface area (Å²) in [6.07, 6.45) is 8.51. The molecule has 0 aromatic carbocycles. The van der Waals surface area contributed by atoms with E-state index in [1.165, 1.54) is 32.1 Å². The van der Waals surface area contributed by atoms with Crippen molar-refractivity contribution in [2.75, 3.05) is 13.1 Å². The molecule has 0 aromatic rings. The van der Waals surface area contributed by atoms with Crippen LogP contribution in [0.25, 0.3) is 0 Å². The van der Waals surface area contributed by atoms with Crippen molar-refractivity contribution in [2.45, 2.75) is 64.0 Å². The van der Waals surface area contributed by atoms with Crippen LogP contribution >= 0.6 is 0 Å². The van der Waals surface area contributed by atoms with E-state index >= 15 is 0 Å². The lowest BCUT2D eigenvalue weighted by Crippen LogP contribution is -2.61. The zero-order valence-electron chi connectivity index (χ0n) is 10.9. The summed E-state index contributed by atoms with van der Waals surface area (Å²) >= 11 is 0. The molecular formula is C14H24N2O. The normalized spacial score (nSPS) is 35.9. The average Bonchev–Trinajstić information content (AvgIpc) is 2.76. The molecule has 1 N–H and O–H groups in total. The van der Waals surface area contributed by atoms with Gasteiger partial charge in [-0.05, 0) is 25.7 Å². The predicted molar refractivity (Wildman–Crippen MR) is 67.7 cm³/mol. The number of rotatable bonds is 1. The Morgan fingerprint density at radius 2 is 1.71 bits per heavy atom. The van der Waals surface area contributed by atoms with E-state index in [4.69, 9.17) is 0 Å². The smallest absolute Gasteiger partial charge is 0.228 e. The van der Waals surface area contributed by atoms with Gasteiger partial charge < -0.3 is 10.2 Å². The molecule has 0 aromatic heterocycles. The molecule has 0 spiro atoms. The molecule has 0 radical (unpaired) electrons. The minimum Gasteiger partial charge on any atom is -0.339 e.